The number of rotatable bonds is 4. The van der Waals surface area contributed by atoms with Gasteiger partial charge in [0.1, 0.15) is 5.82 Å². The lowest BCUT2D eigenvalue weighted by atomic mass is 10.1. The summed E-state index contributed by atoms with van der Waals surface area (Å²) in [5.41, 5.74) is 3.70. The molecule has 0 radical (unpaired) electrons. The quantitative estimate of drug-likeness (QED) is 0.687. The minimum Gasteiger partial charge on any atom is -0.392 e. The molecule has 13 heavy (non-hydrogen) atoms. The number of hydroxylamine groups is 1. The maximum Gasteiger partial charge on any atom is 0.127 e. The van der Waals surface area contributed by atoms with E-state index < -0.39 is 0 Å². The predicted octanol–water partition coefficient (Wildman–Crippen LogP) is 0.969. The summed E-state index contributed by atoms with van der Waals surface area (Å²) in [5.74, 6) is -0.304. The molecule has 0 atom stereocenters. The van der Waals surface area contributed by atoms with Crippen molar-refractivity contribution in [3.8, 4) is 0 Å². The van der Waals surface area contributed by atoms with Crippen LogP contribution in [0.3, 0.4) is 0 Å². The molecule has 0 bridgehead atoms. The number of benzene rings is 1. The van der Waals surface area contributed by atoms with Crippen molar-refractivity contribution in [1.82, 2.24) is 5.48 Å². The summed E-state index contributed by atoms with van der Waals surface area (Å²) in [6.45, 7) is 0.205. The van der Waals surface area contributed by atoms with Gasteiger partial charge in [0.2, 0.25) is 0 Å². The van der Waals surface area contributed by atoms with Crippen molar-refractivity contribution >= 4 is 0 Å². The summed E-state index contributed by atoms with van der Waals surface area (Å²) in [5, 5.41) is 8.80. The van der Waals surface area contributed by atoms with Crippen LogP contribution in [0.25, 0.3) is 0 Å². The van der Waals surface area contributed by atoms with E-state index in [1.807, 2.05) is 0 Å². The van der Waals surface area contributed by atoms with Crippen LogP contribution in [0.15, 0.2) is 18.2 Å². The predicted molar refractivity (Wildman–Crippen MR) is 46.2 cm³/mol. The van der Waals surface area contributed by atoms with Crippen LogP contribution in [-0.4, -0.2) is 12.2 Å². The van der Waals surface area contributed by atoms with Gasteiger partial charge in [-0.1, -0.05) is 6.07 Å². The molecule has 72 valence electrons. The molecule has 0 saturated carbocycles. The first-order chi connectivity index (χ1) is 6.27. The third kappa shape index (κ3) is 2.77. The van der Waals surface area contributed by atoms with Crippen molar-refractivity contribution in [2.75, 3.05) is 7.11 Å². The Balaban J connectivity index is 2.78. The van der Waals surface area contributed by atoms with Crippen molar-refractivity contribution in [2.24, 2.45) is 0 Å². The molecule has 0 saturated heterocycles. The van der Waals surface area contributed by atoms with Crippen LogP contribution < -0.4 is 5.48 Å². The van der Waals surface area contributed by atoms with E-state index in [1.165, 1.54) is 13.2 Å². The SMILES string of the molecule is CONCc1cc(CO)ccc1F. The maximum absolute atomic E-state index is 13.1. The minimum absolute atomic E-state index is 0.0831. The van der Waals surface area contributed by atoms with Gasteiger partial charge in [-0.2, -0.15) is 5.48 Å². The van der Waals surface area contributed by atoms with Gasteiger partial charge in [-0.05, 0) is 17.7 Å². The molecule has 1 rings (SSSR count). The van der Waals surface area contributed by atoms with Gasteiger partial charge in [-0.25, -0.2) is 4.39 Å². The van der Waals surface area contributed by atoms with Gasteiger partial charge in [0.25, 0.3) is 0 Å². The number of aliphatic hydroxyl groups is 1. The molecule has 0 spiro atoms. The van der Waals surface area contributed by atoms with E-state index in [9.17, 15) is 4.39 Å². The van der Waals surface area contributed by atoms with Crippen molar-refractivity contribution < 1.29 is 14.3 Å². The van der Waals surface area contributed by atoms with Gasteiger partial charge >= 0.3 is 0 Å². The van der Waals surface area contributed by atoms with Crippen LogP contribution >= 0.6 is 0 Å². The van der Waals surface area contributed by atoms with E-state index in [1.54, 1.807) is 12.1 Å². The zero-order valence-electron chi connectivity index (χ0n) is 7.38. The Bertz CT molecular complexity index is 278. The molecule has 0 aliphatic carbocycles. The van der Waals surface area contributed by atoms with Crippen LogP contribution in [-0.2, 0) is 18.0 Å². The molecular formula is C9H12FNO2. The lowest BCUT2D eigenvalue weighted by Gasteiger charge is -2.05. The molecule has 0 aliphatic heterocycles. The van der Waals surface area contributed by atoms with Gasteiger partial charge in [0.15, 0.2) is 0 Å². The Morgan fingerprint density at radius 3 is 2.92 bits per heavy atom. The van der Waals surface area contributed by atoms with Crippen LogP contribution in [0.4, 0.5) is 4.39 Å². The molecule has 1 aromatic carbocycles. The van der Waals surface area contributed by atoms with E-state index in [0.29, 0.717) is 11.1 Å². The maximum atomic E-state index is 13.1. The van der Waals surface area contributed by atoms with E-state index in [4.69, 9.17) is 5.11 Å². The van der Waals surface area contributed by atoms with E-state index in [2.05, 4.69) is 10.3 Å². The first kappa shape index (κ1) is 10.1. The Kier molecular flexibility index (Phi) is 3.82. The average molecular weight is 185 g/mol. The molecule has 1 aromatic rings. The molecule has 0 unspecified atom stereocenters. The summed E-state index contributed by atoms with van der Waals surface area (Å²) in [6.07, 6.45) is 0. The highest BCUT2D eigenvalue weighted by Crippen LogP contribution is 2.10. The van der Waals surface area contributed by atoms with E-state index in [-0.39, 0.29) is 19.0 Å². The van der Waals surface area contributed by atoms with Crippen molar-refractivity contribution in [3.63, 3.8) is 0 Å². The highest BCUT2D eigenvalue weighted by molar-refractivity contribution is 5.24. The topological polar surface area (TPSA) is 41.5 Å². The zero-order chi connectivity index (χ0) is 9.68. The molecule has 4 heteroatoms. The minimum atomic E-state index is -0.304. The summed E-state index contributed by atoms with van der Waals surface area (Å²) in [6, 6.07) is 4.48. The molecule has 0 aliphatic rings. The normalized spacial score (nSPS) is 10.4. The summed E-state index contributed by atoms with van der Waals surface area (Å²) < 4.78 is 13.1. The van der Waals surface area contributed by atoms with Gasteiger partial charge in [0.05, 0.1) is 13.7 Å². The highest BCUT2D eigenvalue weighted by Gasteiger charge is 2.02. The number of aliphatic hydroxyl groups excluding tert-OH is 1. The fraction of sp³-hybridized carbons (Fsp3) is 0.333. The monoisotopic (exact) mass is 185 g/mol. The standard InChI is InChI=1S/C9H12FNO2/c1-13-11-5-8-4-7(6-12)2-3-9(8)10/h2-4,11-12H,5-6H2,1H3. The molecule has 0 fully saturated rings. The Hall–Kier alpha value is -0.970. The molecule has 0 heterocycles. The number of hydrogen-bond donors (Lipinski definition) is 2. The molecule has 0 aromatic heterocycles. The van der Waals surface area contributed by atoms with E-state index in [0.717, 1.165) is 0 Å². The third-order valence-corrected chi connectivity index (χ3v) is 1.70. The smallest absolute Gasteiger partial charge is 0.127 e. The first-order valence-corrected chi connectivity index (χ1v) is 3.92. The van der Waals surface area contributed by atoms with Crippen molar-refractivity contribution in [3.05, 3.63) is 35.1 Å². The third-order valence-electron chi connectivity index (χ3n) is 1.70. The van der Waals surface area contributed by atoms with Crippen LogP contribution in [0.5, 0.6) is 0 Å². The number of halogens is 1. The second-order valence-electron chi connectivity index (χ2n) is 2.61. The lowest BCUT2D eigenvalue weighted by molar-refractivity contribution is 0.0859. The molecule has 3 nitrogen and oxygen atoms in total. The van der Waals surface area contributed by atoms with E-state index >= 15 is 0 Å². The largest absolute Gasteiger partial charge is 0.392 e. The van der Waals surface area contributed by atoms with Crippen LogP contribution in [0.2, 0.25) is 0 Å². The second-order valence-corrected chi connectivity index (χ2v) is 2.61. The highest BCUT2D eigenvalue weighted by atomic mass is 19.1. The van der Waals surface area contributed by atoms with Gasteiger partial charge in [0, 0.05) is 12.1 Å². The first-order valence-electron chi connectivity index (χ1n) is 3.92. The Morgan fingerprint density at radius 1 is 1.54 bits per heavy atom. The zero-order valence-corrected chi connectivity index (χ0v) is 7.38. The summed E-state index contributed by atoms with van der Waals surface area (Å²) in [4.78, 5) is 4.60. The average Bonchev–Trinajstić information content (AvgIpc) is 2.17. The van der Waals surface area contributed by atoms with Crippen molar-refractivity contribution in [2.45, 2.75) is 13.2 Å². The summed E-state index contributed by atoms with van der Waals surface area (Å²) in [7, 11) is 1.47. The fourth-order valence-corrected chi connectivity index (χ4v) is 1.01. The second kappa shape index (κ2) is 4.91. The number of nitrogens with one attached hydrogen (secondary N) is 1. The number of hydrogen-bond acceptors (Lipinski definition) is 3. The van der Waals surface area contributed by atoms with Gasteiger partial charge < -0.3 is 9.94 Å². The Labute approximate surface area is 76.1 Å². The Morgan fingerprint density at radius 2 is 2.31 bits per heavy atom. The van der Waals surface area contributed by atoms with Gasteiger partial charge in [-0.3, -0.25) is 0 Å². The molecular weight excluding hydrogens is 173 g/mol. The van der Waals surface area contributed by atoms with Crippen LogP contribution in [0.1, 0.15) is 11.1 Å². The molecule has 0 amide bonds. The fourth-order valence-electron chi connectivity index (χ4n) is 1.01. The molecule has 2 N–H and O–H groups in total. The lowest BCUT2D eigenvalue weighted by Crippen LogP contribution is -2.12. The van der Waals surface area contributed by atoms with Crippen LogP contribution in [0, 0.1) is 5.82 Å². The summed E-state index contributed by atoms with van der Waals surface area (Å²) >= 11 is 0. The van der Waals surface area contributed by atoms with Gasteiger partial charge in [-0.15, -0.1) is 0 Å². The van der Waals surface area contributed by atoms with Crippen molar-refractivity contribution in [1.29, 1.82) is 0 Å².